The minimum absolute atomic E-state index is 0.354. The molecule has 112 valence electrons. The number of rotatable bonds is 2. The summed E-state index contributed by atoms with van der Waals surface area (Å²) in [6.07, 6.45) is 1.41. The maximum atomic E-state index is 12.2. The molecule has 1 aromatic carbocycles. The molecule has 0 bridgehead atoms. The highest BCUT2D eigenvalue weighted by atomic mass is 35.5. The Morgan fingerprint density at radius 1 is 1.14 bits per heavy atom. The van der Waals surface area contributed by atoms with Gasteiger partial charge in [-0.1, -0.05) is 29.8 Å². The van der Waals surface area contributed by atoms with Gasteiger partial charge in [-0.2, -0.15) is 0 Å². The summed E-state index contributed by atoms with van der Waals surface area (Å²) in [5.41, 5.74) is 5.07. The molecular formula is C15H11ClN2O3S. The quantitative estimate of drug-likeness (QED) is 0.704. The van der Waals surface area contributed by atoms with E-state index in [-0.39, 0.29) is 0 Å². The Balaban J connectivity index is 1.75. The van der Waals surface area contributed by atoms with E-state index in [1.54, 1.807) is 6.92 Å². The van der Waals surface area contributed by atoms with E-state index < -0.39 is 11.8 Å². The second-order valence-corrected chi connectivity index (χ2v) is 5.97. The molecule has 2 amide bonds. The van der Waals surface area contributed by atoms with Crippen molar-refractivity contribution in [2.24, 2.45) is 0 Å². The van der Waals surface area contributed by atoms with E-state index in [0.29, 0.717) is 21.2 Å². The van der Waals surface area contributed by atoms with Crippen molar-refractivity contribution < 1.29 is 14.0 Å². The van der Waals surface area contributed by atoms with Gasteiger partial charge in [-0.15, -0.1) is 11.3 Å². The second-order valence-electron chi connectivity index (χ2n) is 4.54. The van der Waals surface area contributed by atoms with Crippen molar-refractivity contribution in [2.45, 2.75) is 6.92 Å². The zero-order valence-corrected chi connectivity index (χ0v) is 13.0. The molecule has 0 spiro atoms. The van der Waals surface area contributed by atoms with E-state index in [9.17, 15) is 9.59 Å². The van der Waals surface area contributed by atoms with Gasteiger partial charge in [0.2, 0.25) is 0 Å². The number of thiophene rings is 1. The number of fused-ring (bicyclic) bond motifs is 1. The highest BCUT2D eigenvalue weighted by Gasteiger charge is 2.18. The lowest BCUT2D eigenvalue weighted by Crippen LogP contribution is -2.41. The molecule has 0 fully saturated rings. The van der Waals surface area contributed by atoms with E-state index in [1.807, 2.05) is 24.3 Å². The van der Waals surface area contributed by atoms with Crippen molar-refractivity contribution in [3.8, 4) is 0 Å². The first-order chi connectivity index (χ1) is 10.6. The average molecular weight is 335 g/mol. The number of amides is 2. The third-order valence-electron chi connectivity index (χ3n) is 3.13. The number of hydrazine groups is 1. The SMILES string of the molecule is Cc1occc1C(=O)NNC(=O)c1sc2ccccc2c1Cl. The van der Waals surface area contributed by atoms with Crippen molar-refractivity contribution in [3.63, 3.8) is 0 Å². The Bertz CT molecular complexity index is 869. The maximum Gasteiger partial charge on any atom is 0.281 e. The summed E-state index contributed by atoms with van der Waals surface area (Å²) in [4.78, 5) is 24.4. The molecule has 0 aliphatic rings. The minimum atomic E-state index is -0.458. The van der Waals surface area contributed by atoms with Gasteiger partial charge >= 0.3 is 0 Å². The van der Waals surface area contributed by atoms with Crippen molar-refractivity contribution in [1.29, 1.82) is 0 Å². The van der Waals surface area contributed by atoms with E-state index >= 15 is 0 Å². The van der Waals surface area contributed by atoms with Crippen LogP contribution in [0.5, 0.6) is 0 Å². The van der Waals surface area contributed by atoms with Crippen LogP contribution in [0.25, 0.3) is 10.1 Å². The highest BCUT2D eigenvalue weighted by molar-refractivity contribution is 7.21. The summed E-state index contributed by atoms with van der Waals surface area (Å²) in [5.74, 6) is -0.427. The fourth-order valence-corrected chi connectivity index (χ4v) is 3.43. The monoisotopic (exact) mass is 334 g/mol. The van der Waals surface area contributed by atoms with Crippen LogP contribution in [-0.2, 0) is 0 Å². The van der Waals surface area contributed by atoms with E-state index in [4.69, 9.17) is 16.0 Å². The molecule has 5 nitrogen and oxygen atoms in total. The standard InChI is InChI=1S/C15H11ClN2O3S/c1-8-9(6-7-21-8)14(19)17-18-15(20)13-12(16)10-4-2-3-5-11(10)22-13/h2-7H,1H3,(H,17,19)(H,18,20). The van der Waals surface area contributed by atoms with Crippen LogP contribution in [0, 0.1) is 6.92 Å². The third kappa shape index (κ3) is 2.58. The van der Waals surface area contributed by atoms with E-state index in [0.717, 1.165) is 10.1 Å². The molecule has 0 saturated carbocycles. The third-order valence-corrected chi connectivity index (χ3v) is 4.81. The number of carbonyl (C=O) groups is 2. The number of hydrogen-bond donors (Lipinski definition) is 2. The normalized spacial score (nSPS) is 10.6. The first-order valence-corrected chi connectivity index (χ1v) is 7.59. The van der Waals surface area contributed by atoms with Gasteiger partial charge in [0.25, 0.3) is 11.8 Å². The number of carbonyl (C=O) groups excluding carboxylic acids is 2. The Kier molecular flexibility index (Phi) is 3.87. The summed E-state index contributed by atoms with van der Waals surface area (Å²) in [7, 11) is 0. The molecule has 0 radical (unpaired) electrons. The van der Waals surface area contributed by atoms with Crippen LogP contribution in [0.15, 0.2) is 41.0 Å². The van der Waals surface area contributed by atoms with Crippen molar-refractivity contribution in [2.75, 3.05) is 0 Å². The number of furan rings is 1. The van der Waals surface area contributed by atoms with Gasteiger partial charge < -0.3 is 4.42 Å². The van der Waals surface area contributed by atoms with Gasteiger partial charge in [0, 0.05) is 10.1 Å². The number of hydrogen-bond acceptors (Lipinski definition) is 4. The van der Waals surface area contributed by atoms with Gasteiger partial charge in [0.15, 0.2) is 0 Å². The fourth-order valence-electron chi connectivity index (χ4n) is 2.02. The Labute approximate surface area is 134 Å². The molecule has 2 N–H and O–H groups in total. The predicted molar refractivity (Wildman–Crippen MR) is 85.2 cm³/mol. The van der Waals surface area contributed by atoms with Crippen LogP contribution in [0.2, 0.25) is 5.02 Å². The molecule has 0 aliphatic heterocycles. The topological polar surface area (TPSA) is 71.3 Å². The van der Waals surface area contributed by atoms with Gasteiger partial charge in [-0.05, 0) is 19.1 Å². The fraction of sp³-hybridized carbons (Fsp3) is 0.0667. The summed E-state index contributed by atoms with van der Waals surface area (Å²) < 4.78 is 5.96. The summed E-state index contributed by atoms with van der Waals surface area (Å²) in [6, 6.07) is 8.99. The molecule has 0 saturated heterocycles. The first kappa shape index (κ1) is 14.6. The number of nitrogens with one attached hydrogen (secondary N) is 2. The Morgan fingerprint density at radius 2 is 1.86 bits per heavy atom. The van der Waals surface area contributed by atoms with Crippen molar-refractivity contribution in [1.82, 2.24) is 10.9 Å². The van der Waals surface area contributed by atoms with Gasteiger partial charge in [-0.25, -0.2) is 0 Å². The predicted octanol–water partition coefficient (Wildman–Crippen LogP) is 3.53. The number of aryl methyl sites for hydroxylation is 1. The Morgan fingerprint density at radius 3 is 2.55 bits per heavy atom. The summed E-state index contributed by atoms with van der Waals surface area (Å²) in [6.45, 7) is 1.67. The van der Waals surface area contributed by atoms with Crippen LogP contribution < -0.4 is 10.9 Å². The zero-order chi connectivity index (χ0) is 15.7. The van der Waals surface area contributed by atoms with E-state index in [2.05, 4.69) is 10.9 Å². The van der Waals surface area contributed by atoms with Gasteiger partial charge in [0.05, 0.1) is 16.8 Å². The Hall–Kier alpha value is -2.31. The van der Waals surface area contributed by atoms with Crippen LogP contribution in [-0.4, -0.2) is 11.8 Å². The lowest BCUT2D eigenvalue weighted by molar-refractivity contribution is 0.0848. The molecule has 0 aliphatic carbocycles. The smallest absolute Gasteiger partial charge is 0.281 e. The van der Waals surface area contributed by atoms with Crippen molar-refractivity contribution >= 4 is 44.8 Å². The van der Waals surface area contributed by atoms with Crippen molar-refractivity contribution in [3.05, 3.63) is 57.8 Å². The number of halogens is 1. The lowest BCUT2D eigenvalue weighted by atomic mass is 10.2. The molecule has 0 unspecified atom stereocenters. The molecule has 3 rings (SSSR count). The zero-order valence-electron chi connectivity index (χ0n) is 11.5. The highest BCUT2D eigenvalue weighted by Crippen LogP contribution is 2.34. The molecule has 22 heavy (non-hydrogen) atoms. The molecule has 2 heterocycles. The lowest BCUT2D eigenvalue weighted by Gasteiger charge is -2.05. The van der Waals surface area contributed by atoms with Crippen LogP contribution in [0.3, 0.4) is 0 Å². The summed E-state index contributed by atoms with van der Waals surface area (Å²) >= 11 is 7.48. The second kappa shape index (κ2) is 5.82. The van der Waals surface area contributed by atoms with Crippen LogP contribution >= 0.6 is 22.9 Å². The molecule has 2 aromatic heterocycles. The number of benzene rings is 1. The molecule has 0 atom stereocenters. The average Bonchev–Trinajstić information content (AvgIpc) is 3.09. The van der Waals surface area contributed by atoms with Crippen LogP contribution in [0.4, 0.5) is 0 Å². The largest absolute Gasteiger partial charge is 0.469 e. The minimum Gasteiger partial charge on any atom is -0.469 e. The van der Waals surface area contributed by atoms with Crippen LogP contribution in [0.1, 0.15) is 25.8 Å². The first-order valence-electron chi connectivity index (χ1n) is 6.39. The van der Waals surface area contributed by atoms with E-state index in [1.165, 1.54) is 23.7 Å². The summed E-state index contributed by atoms with van der Waals surface area (Å²) in [5, 5.41) is 1.20. The van der Waals surface area contributed by atoms with Gasteiger partial charge in [-0.3, -0.25) is 20.4 Å². The molecular weight excluding hydrogens is 324 g/mol. The molecule has 7 heteroatoms. The maximum absolute atomic E-state index is 12.2. The molecule has 3 aromatic rings. The van der Waals surface area contributed by atoms with Gasteiger partial charge in [0.1, 0.15) is 10.6 Å².